The summed E-state index contributed by atoms with van der Waals surface area (Å²) in [4.78, 5) is 29.2. The first kappa shape index (κ1) is 25.3. The number of aromatic nitrogens is 1. The largest absolute Gasteiger partial charge is 0.496 e. The average molecular weight is 492 g/mol. The predicted octanol–water partition coefficient (Wildman–Crippen LogP) is 4.62. The number of carbonyl (C=O) groups excluding carboxylic acids is 2. The molecular formula is C26H32F3N3O3. The molecule has 2 aliphatic rings. The fourth-order valence-corrected chi connectivity index (χ4v) is 5.46. The number of hydrogen-bond donors (Lipinski definition) is 0. The predicted molar refractivity (Wildman–Crippen MR) is 126 cm³/mol. The number of hydrogen-bond acceptors (Lipinski definition) is 4. The molecule has 1 amide bonds. The lowest BCUT2D eigenvalue weighted by Crippen LogP contribution is -2.56. The second-order valence-corrected chi connectivity index (χ2v) is 10.5. The molecule has 3 heterocycles. The van der Waals surface area contributed by atoms with Gasteiger partial charge in [0.15, 0.2) is 0 Å². The number of benzene rings is 1. The molecule has 0 bridgehead atoms. The maximum Gasteiger partial charge on any atom is 0.456 e. The van der Waals surface area contributed by atoms with Gasteiger partial charge in [0, 0.05) is 37.4 Å². The molecule has 0 atom stereocenters. The zero-order valence-corrected chi connectivity index (χ0v) is 20.8. The van der Waals surface area contributed by atoms with Gasteiger partial charge in [0.1, 0.15) is 5.75 Å². The third-order valence-electron chi connectivity index (χ3n) is 7.47. The minimum absolute atomic E-state index is 0.0969. The van der Waals surface area contributed by atoms with E-state index >= 15 is 0 Å². The Morgan fingerprint density at radius 1 is 0.971 bits per heavy atom. The molecule has 9 heteroatoms. The van der Waals surface area contributed by atoms with Crippen LogP contribution in [0.4, 0.5) is 13.2 Å². The number of carbonyl (C=O) groups is 2. The average Bonchev–Trinajstić information content (AvgIpc) is 3.24. The molecule has 0 unspecified atom stereocenters. The van der Waals surface area contributed by atoms with E-state index in [1.165, 1.54) is 10.6 Å². The number of ether oxygens (including phenoxy) is 1. The highest BCUT2D eigenvalue weighted by Gasteiger charge is 2.48. The number of likely N-dealkylation sites (tertiary alicyclic amines) is 1. The van der Waals surface area contributed by atoms with Crippen molar-refractivity contribution < 1.29 is 27.5 Å². The molecule has 1 aromatic carbocycles. The number of Topliss-reactive ketones (excluding diaryl/α,β-unsaturated/α-hetero) is 1. The Kier molecular flexibility index (Phi) is 6.28. The highest BCUT2D eigenvalue weighted by Crippen LogP contribution is 2.42. The van der Waals surface area contributed by atoms with Gasteiger partial charge >= 0.3 is 6.18 Å². The summed E-state index contributed by atoms with van der Waals surface area (Å²) >= 11 is 0. The van der Waals surface area contributed by atoms with Crippen LogP contribution >= 0.6 is 0 Å². The molecule has 2 aromatic rings. The van der Waals surface area contributed by atoms with Gasteiger partial charge in [0.2, 0.25) is 0 Å². The molecular weight excluding hydrogens is 459 g/mol. The van der Waals surface area contributed by atoms with Crippen molar-refractivity contribution in [3.05, 3.63) is 52.8 Å². The minimum Gasteiger partial charge on any atom is -0.496 e. The van der Waals surface area contributed by atoms with Crippen LogP contribution in [0.15, 0.2) is 30.3 Å². The van der Waals surface area contributed by atoms with E-state index in [9.17, 15) is 22.8 Å². The molecule has 4 rings (SSSR count). The van der Waals surface area contributed by atoms with E-state index < -0.39 is 17.5 Å². The zero-order valence-electron chi connectivity index (χ0n) is 20.8. The number of piperidine rings is 1. The van der Waals surface area contributed by atoms with Gasteiger partial charge in [0.25, 0.3) is 11.7 Å². The third-order valence-corrected chi connectivity index (χ3v) is 7.47. The number of alkyl halides is 3. The van der Waals surface area contributed by atoms with Crippen molar-refractivity contribution in [2.24, 2.45) is 0 Å². The summed E-state index contributed by atoms with van der Waals surface area (Å²) in [5.41, 5.74) is 1.31. The van der Waals surface area contributed by atoms with Crippen LogP contribution in [0, 0.1) is 0 Å². The Hall–Kier alpha value is -2.81. The van der Waals surface area contributed by atoms with Crippen molar-refractivity contribution in [3.63, 3.8) is 0 Å². The van der Waals surface area contributed by atoms with Crippen LogP contribution in [-0.4, -0.2) is 66.0 Å². The van der Waals surface area contributed by atoms with Crippen LogP contribution in [0.1, 0.15) is 65.7 Å². The lowest BCUT2D eigenvalue weighted by atomic mass is 9.81. The zero-order chi connectivity index (χ0) is 25.8. The van der Waals surface area contributed by atoms with Gasteiger partial charge in [-0.1, -0.05) is 26.8 Å². The van der Waals surface area contributed by atoms with Crippen LogP contribution in [0.5, 0.6) is 5.75 Å². The van der Waals surface area contributed by atoms with Crippen molar-refractivity contribution in [1.82, 2.24) is 14.4 Å². The van der Waals surface area contributed by atoms with E-state index in [1.54, 1.807) is 24.1 Å². The summed E-state index contributed by atoms with van der Waals surface area (Å²) in [6, 6.07) is 8.45. The highest BCUT2D eigenvalue weighted by molar-refractivity contribution is 5.99. The van der Waals surface area contributed by atoms with E-state index in [0.717, 1.165) is 5.56 Å². The van der Waals surface area contributed by atoms with Gasteiger partial charge < -0.3 is 14.2 Å². The van der Waals surface area contributed by atoms with Gasteiger partial charge in [0.05, 0.1) is 18.3 Å². The fraction of sp³-hybridized carbons (Fsp3) is 0.538. The normalized spacial score (nSPS) is 18.5. The number of fused-ring (bicyclic) bond motifs is 2. The van der Waals surface area contributed by atoms with Crippen LogP contribution in [0.2, 0.25) is 0 Å². The summed E-state index contributed by atoms with van der Waals surface area (Å²) in [6.45, 7) is 8.02. The monoisotopic (exact) mass is 491 g/mol. The molecule has 35 heavy (non-hydrogen) atoms. The first-order valence-corrected chi connectivity index (χ1v) is 11.8. The quantitative estimate of drug-likeness (QED) is 0.589. The number of methoxy groups -OCH3 is 1. The van der Waals surface area contributed by atoms with Gasteiger partial charge in [-0.2, -0.15) is 13.2 Å². The second kappa shape index (κ2) is 8.69. The summed E-state index contributed by atoms with van der Waals surface area (Å²) in [5, 5.41) is 0. The molecule has 2 aliphatic heterocycles. The van der Waals surface area contributed by atoms with Crippen molar-refractivity contribution >= 4 is 11.7 Å². The van der Waals surface area contributed by atoms with E-state index in [4.69, 9.17) is 4.74 Å². The summed E-state index contributed by atoms with van der Waals surface area (Å²) in [7, 11) is 3.55. The molecule has 1 fully saturated rings. The first-order valence-electron chi connectivity index (χ1n) is 11.8. The van der Waals surface area contributed by atoms with E-state index in [-0.39, 0.29) is 17.0 Å². The summed E-state index contributed by atoms with van der Waals surface area (Å²) in [5.74, 6) is -1.24. The Labute approximate surface area is 203 Å². The highest BCUT2D eigenvalue weighted by atomic mass is 19.4. The SMILES string of the molecule is COc1cc(C(=O)N2CCC3(CC2)c2ccc(C(=O)C(F)(F)F)n2CCN3C)ccc1C(C)(C)C. The van der Waals surface area contributed by atoms with Crippen LogP contribution < -0.4 is 4.74 Å². The van der Waals surface area contributed by atoms with Gasteiger partial charge in [-0.15, -0.1) is 0 Å². The molecule has 0 radical (unpaired) electrons. The lowest BCUT2D eigenvalue weighted by molar-refractivity contribution is -0.0892. The standard InChI is InChI=1S/C26H32F3N3O3/c1-24(2,3)18-7-6-17(16-20(18)35-5)23(34)31-12-10-25(11-13-31)21-9-8-19(22(33)26(27,28)29)32(21)15-14-30(25)4/h6-9,16H,10-15H2,1-5H3. The van der Waals surface area contributed by atoms with Crippen molar-refractivity contribution in [2.75, 3.05) is 33.8 Å². The molecule has 1 aromatic heterocycles. The number of amides is 1. The Morgan fingerprint density at radius 2 is 1.63 bits per heavy atom. The summed E-state index contributed by atoms with van der Waals surface area (Å²) < 4.78 is 46.4. The molecule has 190 valence electrons. The Balaban J connectivity index is 1.57. The van der Waals surface area contributed by atoms with Gasteiger partial charge in [-0.3, -0.25) is 14.5 Å². The van der Waals surface area contributed by atoms with Crippen LogP contribution in [0.3, 0.4) is 0 Å². The number of likely N-dealkylation sites (N-methyl/N-ethyl adjacent to an activating group) is 1. The van der Waals surface area contributed by atoms with Crippen molar-refractivity contribution in [1.29, 1.82) is 0 Å². The third kappa shape index (κ3) is 4.35. The summed E-state index contributed by atoms with van der Waals surface area (Å²) in [6.07, 6.45) is -3.78. The Morgan fingerprint density at radius 3 is 2.20 bits per heavy atom. The first-order chi connectivity index (χ1) is 16.3. The molecule has 6 nitrogen and oxygen atoms in total. The maximum absolute atomic E-state index is 13.3. The van der Waals surface area contributed by atoms with E-state index in [2.05, 4.69) is 25.7 Å². The lowest BCUT2D eigenvalue weighted by Gasteiger charge is -2.50. The fourth-order valence-electron chi connectivity index (χ4n) is 5.46. The number of ketones is 1. The molecule has 0 N–H and O–H groups in total. The minimum atomic E-state index is -4.91. The van der Waals surface area contributed by atoms with Crippen LogP contribution in [-0.2, 0) is 17.5 Å². The van der Waals surface area contributed by atoms with Gasteiger partial charge in [-0.05, 0) is 55.1 Å². The number of nitrogens with zero attached hydrogens (tertiary/aromatic N) is 3. The Bertz CT molecular complexity index is 1140. The van der Waals surface area contributed by atoms with E-state index in [0.29, 0.717) is 56.0 Å². The van der Waals surface area contributed by atoms with Crippen molar-refractivity contribution in [3.8, 4) is 5.75 Å². The van der Waals surface area contributed by atoms with E-state index in [1.807, 2.05) is 19.2 Å². The molecule has 1 saturated heterocycles. The van der Waals surface area contributed by atoms with Gasteiger partial charge in [-0.25, -0.2) is 0 Å². The maximum atomic E-state index is 13.3. The molecule has 0 aliphatic carbocycles. The van der Waals surface area contributed by atoms with Crippen LogP contribution in [0.25, 0.3) is 0 Å². The molecule has 0 saturated carbocycles. The second-order valence-electron chi connectivity index (χ2n) is 10.5. The van der Waals surface area contributed by atoms with Crippen molar-refractivity contribution in [2.45, 2.75) is 57.3 Å². The smallest absolute Gasteiger partial charge is 0.456 e. The molecule has 1 spiro atoms. The number of rotatable bonds is 3. The topological polar surface area (TPSA) is 54.8 Å². The number of halogens is 3.